The summed E-state index contributed by atoms with van der Waals surface area (Å²) in [5.41, 5.74) is 3.24. The number of fused-ring (bicyclic) bond motifs is 1. The van der Waals surface area contributed by atoms with Gasteiger partial charge in [-0.1, -0.05) is 25.0 Å². The van der Waals surface area contributed by atoms with Gasteiger partial charge in [0.25, 0.3) is 0 Å². The third-order valence-electron chi connectivity index (χ3n) is 4.25. The van der Waals surface area contributed by atoms with Gasteiger partial charge in [0.1, 0.15) is 5.69 Å². The first-order valence-corrected chi connectivity index (χ1v) is 7.60. The zero-order valence-corrected chi connectivity index (χ0v) is 12.1. The second kappa shape index (κ2) is 5.29. The van der Waals surface area contributed by atoms with Crippen LogP contribution in [0.5, 0.6) is 0 Å². The van der Waals surface area contributed by atoms with Crippen LogP contribution >= 0.6 is 0 Å². The van der Waals surface area contributed by atoms with Gasteiger partial charge in [-0.3, -0.25) is 9.89 Å². The molecule has 2 heterocycles. The van der Waals surface area contributed by atoms with E-state index in [1.807, 2.05) is 24.3 Å². The number of aromatic amines is 2. The number of benzene rings is 1. The highest BCUT2D eigenvalue weighted by molar-refractivity contribution is 5.96. The lowest BCUT2D eigenvalue weighted by atomic mass is 10.1. The van der Waals surface area contributed by atoms with Crippen molar-refractivity contribution in [3.8, 4) is 11.5 Å². The second-order valence-electron chi connectivity index (χ2n) is 5.73. The summed E-state index contributed by atoms with van der Waals surface area (Å²) < 4.78 is 0. The first-order chi connectivity index (χ1) is 10.8. The number of carbonyl (C=O) groups excluding carboxylic acids is 1. The zero-order chi connectivity index (χ0) is 14.9. The van der Waals surface area contributed by atoms with E-state index in [2.05, 4.69) is 25.5 Å². The van der Waals surface area contributed by atoms with E-state index in [-0.39, 0.29) is 11.8 Å². The van der Waals surface area contributed by atoms with Gasteiger partial charge in [-0.25, -0.2) is 4.98 Å². The van der Waals surface area contributed by atoms with Gasteiger partial charge in [-0.05, 0) is 25.0 Å². The number of H-pyrrole nitrogens is 2. The van der Waals surface area contributed by atoms with Gasteiger partial charge in [0.15, 0.2) is 5.82 Å². The van der Waals surface area contributed by atoms with Crippen molar-refractivity contribution in [1.82, 2.24) is 20.2 Å². The molecule has 3 aromatic rings. The van der Waals surface area contributed by atoms with E-state index in [1.54, 1.807) is 6.20 Å². The Morgan fingerprint density at radius 2 is 2.05 bits per heavy atom. The third kappa shape index (κ3) is 2.26. The number of carbonyl (C=O) groups is 1. The van der Waals surface area contributed by atoms with Crippen LogP contribution in [0, 0.1) is 5.92 Å². The summed E-state index contributed by atoms with van der Waals surface area (Å²) in [5, 5.41) is 9.95. The van der Waals surface area contributed by atoms with Gasteiger partial charge in [0, 0.05) is 5.92 Å². The molecule has 1 saturated carbocycles. The predicted molar refractivity (Wildman–Crippen MR) is 84.3 cm³/mol. The molecular formula is C16H17N5O. The molecule has 1 aliphatic carbocycles. The Morgan fingerprint density at radius 1 is 1.23 bits per heavy atom. The summed E-state index contributed by atoms with van der Waals surface area (Å²) >= 11 is 0. The van der Waals surface area contributed by atoms with E-state index in [9.17, 15) is 4.79 Å². The van der Waals surface area contributed by atoms with Crippen molar-refractivity contribution in [2.75, 3.05) is 5.32 Å². The molecule has 1 aromatic carbocycles. The molecule has 4 rings (SSSR count). The van der Waals surface area contributed by atoms with E-state index in [4.69, 9.17) is 0 Å². The molecule has 1 aliphatic rings. The minimum Gasteiger partial charge on any atom is -0.337 e. The highest BCUT2D eigenvalue weighted by atomic mass is 16.1. The van der Waals surface area contributed by atoms with Gasteiger partial charge in [0.2, 0.25) is 5.91 Å². The normalized spacial score (nSPS) is 15.5. The number of aromatic nitrogens is 4. The number of hydrogen-bond donors (Lipinski definition) is 3. The third-order valence-corrected chi connectivity index (χ3v) is 4.25. The van der Waals surface area contributed by atoms with Gasteiger partial charge < -0.3 is 10.3 Å². The molecule has 0 bridgehead atoms. The zero-order valence-electron chi connectivity index (χ0n) is 12.1. The lowest BCUT2D eigenvalue weighted by Crippen LogP contribution is -2.20. The van der Waals surface area contributed by atoms with Crippen molar-refractivity contribution in [3.05, 3.63) is 30.5 Å². The molecule has 0 aliphatic heterocycles. The first-order valence-electron chi connectivity index (χ1n) is 7.60. The highest BCUT2D eigenvalue weighted by Crippen LogP contribution is 2.29. The molecule has 112 valence electrons. The van der Waals surface area contributed by atoms with Crippen LogP contribution in [0.2, 0.25) is 0 Å². The van der Waals surface area contributed by atoms with Crippen LogP contribution < -0.4 is 5.32 Å². The highest BCUT2D eigenvalue weighted by Gasteiger charge is 2.24. The van der Waals surface area contributed by atoms with Gasteiger partial charge in [0.05, 0.1) is 22.9 Å². The monoisotopic (exact) mass is 295 g/mol. The summed E-state index contributed by atoms with van der Waals surface area (Å²) in [7, 11) is 0. The summed E-state index contributed by atoms with van der Waals surface area (Å²) in [6.07, 6.45) is 5.86. The number of rotatable bonds is 3. The van der Waals surface area contributed by atoms with Crippen molar-refractivity contribution in [1.29, 1.82) is 0 Å². The summed E-state index contributed by atoms with van der Waals surface area (Å²) in [5.74, 6) is 0.884. The smallest absolute Gasteiger partial charge is 0.227 e. The Hall–Kier alpha value is -2.63. The van der Waals surface area contributed by atoms with Gasteiger partial charge >= 0.3 is 0 Å². The number of hydrogen-bond acceptors (Lipinski definition) is 3. The minimum atomic E-state index is 0.0799. The van der Waals surface area contributed by atoms with Crippen molar-refractivity contribution in [3.63, 3.8) is 0 Å². The number of para-hydroxylation sites is 2. The number of anilines is 1. The molecule has 6 heteroatoms. The van der Waals surface area contributed by atoms with Gasteiger partial charge in [-0.15, -0.1) is 0 Å². The summed E-state index contributed by atoms with van der Waals surface area (Å²) in [4.78, 5) is 20.1. The Bertz CT molecular complexity index is 780. The molecule has 0 unspecified atom stereocenters. The average molecular weight is 295 g/mol. The minimum absolute atomic E-state index is 0.0799. The molecular weight excluding hydrogens is 278 g/mol. The van der Waals surface area contributed by atoms with Crippen LogP contribution in [0.15, 0.2) is 30.5 Å². The first kappa shape index (κ1) is 13.1. The molecule has 2 aromatic heterocycles. The SMILES string of the molecule is O=C(Nc1cn[nH]c1-c1nc2ccccc2[nH]1)C1CCCC1. The van der Waals surface area contributed by atoms with E-state index in [0.29, 0.717) is 17.2 Å². The fraction of sp³-hybridized carbons (Fsp3) is 0.312. The number of amides is 1. The van der Waals surface area contributed by atoms with Crippen LogP contribution in [0.4, 0.5) is 5.69 Å². The molecule has 1 amide bonds. The molecule has 22 heavy (non-hydrogen) atoms. The lowest BCUT2D eigenvalue weighted by molar-refractivity contribution is -0.119. The Morgan fingerprint density at radius 3 is 2.86 bits per heavy atom. The van der Waals surface area contributed by atoms with Crippen LogP contribution in [0.1, 0.15) is 25.7 Å². The van der Waals surface area contributed by atoms with Gasteiger partial charge in [-0.2, -0.15) is 5.10 Å². The van der Waals surface area contributed by atoms with Crippen LogP contribution in [-0.2, 0) is 4.79 Å². The fourth-order valence-corrected chi connectivity index (χ4v) is 3.06. The number of nitrogens with one attached hydrogen (secondary N) is 3. The molecule has 1 fully saturated rings. The fourth-order valence-electron chi connectivity index (χ4n) is 3.06. The molecule has 6 nitrogen and oxygen atoms in total. The number of imidazole rings is 1. The van der Waals surface area contributed by atoms with Crippen LogP contribution in [0.3, 0.4) is 0 Å². The Labute approximate surface area is 127 Å². The maximum atomic E-state index is 12.3. The Balaban J connectivity index is 1.63. The van der Waals surface area contributed by atoms with Crippen molar-refractivity contribution in [2.45, 2.75) is 25.7 Å². The molecule has 0 radical (unpaired) electrons. The number of nitrogens with zero attached hydrogens (tertiary/aromatic N) is 2. The lowest BCUT2D eigenvalue weighted by Gasteiger charge is -2.09. The Kier molecular flexibility index (Phi) is 3.14. The summed E-state index contributed by atoms with van der Waals surface area (Å²) in [6.45, 7) is 0. The molecule has 0 saturated heterocycles. The van der Waals surface area contributed by atoms with Crippen molar-refractivity contribution in [2.24, 2.45) is 5.92 Å². The largest absolute Gasteiger partial charge is 0.337 e. The maximum Gasteiger partial charge on any atom is 0.227 e. The molecule has 0 spiro atoms. The van der Waals surface area contributed by atoms with Crippen LogP contribution in [-0.4, -0.2) is 26.1 Å². The molecule has 3 N–H and O–H groups in total. The quantitative estimate of drug-likeness (QED) is 0.694. The van der Waals surface area contributed by atoms with E-state index in [1.165, 1.54) is 0 Å². The standard InChI is InChI=1S/C16H17N5O/c22-16(10-5-1-2-6-10)20-13-9-17-21-14(13)15-18-11-7-3-4-8-12(11)19-15/h3-4,7-10H,1-2,5-6H2,(H,17,21)(H,18,19)(H,20,22). The second-order valence-corrected chi connectivity index (χ2v) is 5.73. The topological polar surface area (TPSA) is 86.5 Å². The van der Waals surface area contributed by atoms with E-state index in [0.717, 1.165) is 36.7 Å². The average Bonchev–Trinajstić information content (AvgIpc) is 3.26. The molecule has 0 atom stereocenters. The van der Waals surface area contributed by atoms with Crippen LogP contribution in [0.25, 0.3) is 22.6 Å². The summed E-state index contributed by atoms with van der Waals surface area (Å²) in [6, 6.07) is 7.82. The van der Waals surface area contributed by atoms with E-state index < -0.39 is 0 Å². The van der Waals surface area contributed by atoms with E-state index >= 15 is 0 Å². The maximum absolute atomic E-state index is 12.3. The predicted octanol–water partition coefficient (Wildman–Crippen LogP) is 3.08. The van der Waals surface area contributed by atoms with Crippen molar-refractivity contribution >= 4 is 22.6 Å². The van der Waals surface area contributed by atoms with Crippen molar-refractivity contribution < 1.29 is 4.79 Å².